The lowest BCUT2D eigenvalue weighted by atomic mass is 9.84. The average molecular weight is 175 g/mol. The van der Waals surface area contributed by atoms with Crippen LogP contribution in [-0.2, 0) is 10.3 Å². The van der Waals surface area contributed by atoms with Crippen LogP contribution in [0, 0.1) is 0 Å². The Morgan fingerprint density at radius 3 is 2.92 bits per heavy atom. The normalized spacial score (nSPS) is 43.5. The van der Waals surface area contributed by atoms with Crippen LogP contribution in [0.2, 0.25) is 0 Å². The summed E-state index contributed by atoms with van der Waals surface area (Å²) >= 11 is 0. The predicted molar refractivity (Wildman–Crippen MR) is 51.5 cm³/mol. The van der Waals surface area contributed by atoms with Gasteiger partial charge >= 0.3 is 0 Å². The fourth-order valence-electron chi connectivity index (χ4n) is 2.34. The lowest BCUT2D eigenvalue weighted by molar-refractivity contribution is 0.289. The molecule has 1 heteroatoms. The van der Waals surface area contributed by atoms with Gasteiger partial charge in [-0.05, 0) is 18.4 Å². The molecule has 1 saturated heterocycles. The van der Waals surface area contributed by atoms with Crippen LogP contribution in [0.1, 0.15) is 32.6 Å². The molecule has 1 aliphatic carbocycles. The number of fused-ring (bicyclic) bond motifs is 1. The number of rotatable bonds is 1. The standard InChI is InChI=1S/C12H14O/c1-2-6-10(7-3-1)12-9-5-4-8-11(12)13-12/h1-3,6-7,11H,4-5,8-9H2/t11-,12-/m1/s1/i9D/t9-,11-,12-. The van der Waals surface area contributed by atoms with Crippen LogP contribution in [-0.4, -0.2) is 6.10 Å². The van der Waals surface area contributed by atoms with E-state index in [9.17, 15) is 0 Å². The summed E-state index contributed by atoms with van der Waals surface area (Å²) in [5, 5.41) is 0. The van der Waals surface area contributed by atoms with Crippen molar-refractivity contribution in [2.24, 2.45) is 0 Å². The maximum Gasteiger partial charge on any atom is 0.120 e. The van der Waals surface area contributed by atoms with Crippen LogP contribution >= 0.6 is 0 Å². The molecule has 0 N–H and O–H groups in total. The molecule has 2 fully saturated rings. The summed E-state index contributed by atoms with van der Waals surface area (Å²) in [6, 6.07) is 10.3. The van der Waals surface area contributed by atoms with Gasteiger partial charge in [0.05, 0.1) is 6.10 Å². The van der Waals surface area contributed by atoms with Gasteiger partial charge in [0.1, 0.15) is 5.60 Å². The molecule has 1 heterocycles. The van der Waals surface area contributed by atoms with Crippen molar-refractivity contribution in [1.82, 2.24) is 0 Å². The van der Waals surface area contributed by atoms with Crippen LogP contribution in [0.15, 0.2) is 30.3 Å². The highest BCUT2D eigenvalue weighted by molar-refractivity contribution is 5.29. The lowest BCUT2D eigenvalue weighted by Gasteiger charge is -2.17. The first kappa shape index (κ1) is 6.61. The summed E-state index contributed by atoms with van der Waals surface area (Å²) < 4.78 is 13.9. The number of epoxide rings is 1. The summed E-state index contributed by atoms with van der Waals surface area (Å²) in [6.07, 6.45) is 3.51. The molecule has 13 heavy (non-hydrogen) atoms. The molecule has 0 unspecified atom stereocenters. The van der Waals surface area contributed by atoms with Crippen LogP contribution in [0.4, 0.5) is 0 Å². The number of benzene rings is 1. The first-order chi connectivity index (χ1) is 6.84. The van der Waals surface area contributed by atoms with E-state index in [0.29, 0.717) is 6.10 Å². The molecule has 1 aliphatic heterocycles. The molecule has 3 rings (SSSR count). The van der Waals surface area contributed by atoms with Gasteiger partial charge in [0, 0.05) is 1.37 Å². The number of ether oxygens (including phenoxy) is 1. The van der Waals surface area contributed by atoms with E-state index in [4.69, 9.17) is 6.11 Å². The Morgan fingerprint density at radius 2 is 2.15 bits per heavy atom. The minimum atomic E-state index is -0.237. The highest BCUT2D eigenvalue weighted by Crippen LogP contribution is 2.54. The van der Waals surface area contributed by atoms with Gasteiger partial charge in [-0.15, -0.1) is 0 Å². The Labute approximate surface area is 80.1 Å². The summed E-state index contributed by atoms with van der Waals surface area (Å²) in [5.41, 5.74) is 0.962. The average Bonchev–Trinajstić information content (AvgIpc) is 2.96. The zero-order valence-electron chi connectivity index (χ0n) is 8.57. The molecule has 0 spiro atoms. The van der Waals surface area contributed by atoms with Crippen LogP contribution < -0.4 is 0 Å². The molecule has 2 aliphatic rings. The van der Waals surface area contributed by atoms with Gasteiger partial charge in [0.25, 0.3) is 0 Å². The highest BCUT2D eigenvalue weighted by atomic mass is 16.6. The first-order valence-electron chi connectivity index (χ1n) is 5.57. The smallest absolute Gasteiger partial charge is 0.120 e. The van der Waals surface area contributed by atoms with Crippen molar-refractivity contribution in [1.29, 1.82) is 0 Å². The topological polar surface area (TPSA) is 12.5 Å². The molecule has 0 amide bonds. The molecule has 3 atom stereocenters. The van der Waals surface area contributed by atoms with Gasteiger partial charge in [-0.2, -0.15) is 0 Å². The molecule has 68 valence electrons. The Kier molecular flexibility index (Phi) is 1.31. The van der Waals surface area contributed by atoms with Crippen molar-refractivity contribution < 1.29 is 6.11 Å². The van der Waals surface area contributed by atoms with Gasteiger partial charge in [0.2, 0.25) is 0 Å². The third kappa shape index (κ3) is 1.03. The molecule has 0 radical (unpaired) electrons. The van der Waals surface area contributed by atoms with Gasteiger partial charge in [-0.1, -0.05) is 43.2 Å². The molecule has 0 aromatic heterocycles. The van der Waals surface area contributed by atoms with Crippen molar-refractivity contribution in [2.45, 2.75) is 37.4 Å². The van der Waals surface area contributed by atoms with Crippen LogP contribution in [0.5, 0.6) is 0 Å². The first-order valence-corrected chi connectivity index (χ1v) is 4.99. The van der Waals surface area contributed by atoms with Crippen LogP contribution in [0.25, 0.3) is 0 Å². The van der Waals surface area contributed by atoms with E-state index in [1.807, 2.05) is 18.2 Å². The van der Waals surface area contributed by atoms with E-state index < -0.39 is 0 Å². The SMILES string of the molecule is [2H][C@@H]1CCC[C@H]2O[C@@]12c1ccccc1. The third-order valence-electron chi connectivity index (χ3n) is 3.10. The Hall–Kier alpha value is -0.820. The van der Waals surface area contributed by atoms with E-state index in [1.165, 1.54) is 5.56 Å². The highest BCUT2D eigenvalue weighted by Gasteiger charge is 2.57. The van der Waals surface area contributed by atoms with E-state index in [2.05, 4.69) is 12.1 Å². The fourth-order valence-corrected chi connectivity index (χ4v) is 2.34. The summed E-state index contributed by atoms with van der Waals surface area (Å²) in [7, 11) is 0. The molecular weight excluding hydrogens is 160 g/mol. The second-order valence-electron chi connectivity index (χ2n) is 3.90. The van der Waals surface area contributed by atoms with Crippen molar-refractivity contribution in [2.75, 3.05) is 0 Å². The molecule has 1 aromatic rings. The van der Waals surface area contributed by atoms with Gasteiger partial charge < -0.3 is 4.74 Å². The largest absolute Gasteiger partial charge is 0.361 e. The Balaban J connectivity index is 1.98. The van der Waals surface area contributed by atoms with Crippen molar-refractivity contribution in [3.8, 4) is 0 Å². The molecule has 0 bridgehead atoms. The van der Waals surface area contributed by atoms with Crippen molar-refractivity contribution >= 4 is 0 Å². The summed E-state index contributed by atoms with van der Waals surface area (Å²) in [6.45, 7) is 0. The second-order valence-corrected chi connectivity index (χ2v) is 3.90. The van der Waals surface area contributed by atoms with E-state index in [1.54, 1.807) is 0 Å². The molecular formula is C12H14O. The van der Waals surface area contributed by atoms with Crippen molar-refractivity contribution in [3.05, 3.63) is 35.9 Å². The second kappa shape index (κ2) is 2.58. The van der Waals surface area contributed by atoms with Gasteiger partial charge in [0.15, 0.2) is 0 Å². The maximum absolute atomic E-state index is 8.08. The molecule has 1 nitrogen and oxygen atoms in total. The Bertz CT molecular complexity index is 337. The Morgan fingerprint density at radius 1 is 1.31 bits per heavy atom. The fraction of sp³-hybridized carbons (Fsp3) is 0.500. The third-order valence-corrected chi connectivity index (χ3v) is 3.10. The molecule has 1 saturated carbocycles. The van der Waals surface area contributed by atoms with Gasteiger partial charge in [-0.25, -0.2) is 0 Å². The minimum Gasteiger partial charge on any atom is -0.361 e. The molecule has 1 aromatic carbocycles. The van der Waals surface area contributed by atoms with Crippen molar-refractivity contribution in [3.63, 3.8) is 0 Å². The van der Waals surface area contributed by atoms with E-state index in [0.717, 1.165) is 19.3 Å². The lowest BCUT2D eigenvalue weighted by Crippen LogP contribution is -2.16. The van der Waals surface area contributed by atoms with Gasteiger partial charge in [-0.3, -0.25) is 0 Å². The quantitative estimate of drug-likeness (QED) is 0.598. The monoisotopic (exact) mass is 175 g/mol. The number of hydrogen-bond acceptors (Lipinski definition) is 1. The number of hydrogen-bond donors (Lipinski definition) is 0. The zero-order chi connectivity index (χ0) is 9.60. The summed E-state index contributed by atoms with van der Waals surface area (Å²) in [5.74, 6) is 0. The minimum absolute atomic E-state index is 0.0661. The predicted octanol–water partition coefficient (Wildman–Crippen LogP) is 2.85. The zero-order valence-corrected chi connectivity index (χ0v) is 7.57. The van der Waals surface area contributed by atoms with Crippen LogP contribution in [0.3, 0.4) is 0 Å². The maximum atomic E-state index is 8.08. The van der Waals surface area contributed by atoms with E-state index in [-0.39, 0.29) is 12.0 Å². The van der Waals surface area contributed by atoms with E-state index >= 15 is 0 Å². The summed E-state index contributed by atoms with van der Waals surface area (Å²) in [4.78, 5) is 0.